The molecule has 100 valence electrons. The molecule has 0 bridgehead atoms. The molecule has 1 nitrogen and oxygen atoms in total. The normalized spacial score (nSPS) is 10.8. The lowest BCUT2D eigenvalue weighted by Crippen LogP contribution is -2.04. The molecule has 2 N–H and O–H groups in total. The Hall–Kier alpha value is -0.440. The van der Waals surface area contributed by atoms with E-state index in [1.807, 2.05) is 12.1 Å². The average Bonchev–Trinajstić information content (AvgIpc) is 2.31. The number of hydrogen-bond acceptors (Lipinski definition) is 1. The summed E-state index contributed by atoms with van der Waals surface area (Å²) in [5.74, 6) is 0. The van der Waals surface area contributed by atoms with Crippen molar-refractivity contribution < 1.29 is 0 Å². The first-order valence-electron chi connectivity index (χ1n) is 5.67. The van der Waals surface area contributed by atoms with E-state index in [2.05, 4.69) is 0 Å². The molecule has 5 heteroatoms. The summed E-state index contributed by atoms with van der Waals surface area (Å²) in [4.78, 5) is 0. The van der Waals surface area contributed by atoms with Gasteiger partial charge in [-0.3, -0.25) is 0 Å². The van der Waals surface area contributed by atoms with E-state index < -0.39 is 0 Å². The third kappa shape index (κ3) is 3.18. The van der Waals surface area contributed by atoms with Crippen molar-refractivity contribution in [1.29, 1.82) is 0 Å². The number of hydrogen-bond donors (Lipinski definition) is 1. The second kappa shape index (κ2) is 6.34. The Morgan fingerprint density at radius 1 is 0.842 bits per heavy atom. The lowest BCUT2D eigenvalue weighted by molar-refractivity contribution is 0.971. The highest BCUT2D eigenvalue weighted by Gasteiger charge is 2.16. The van der Waals surface area contributed by atoms with Gasteiger partial charge in [-0.25, -0.2) is 0 Å². The van der Waals surface area contributed by atoms with Crippen LogP contribution in [0.2, 0.25) is 20.1 Å². The maximum atomic E-state index is 6.29. The molecular formula is C14H11Cl4N. The standard InChI is InChI=1S/C14H11Cl4N/c15-9-6-11(17)14(12(18)7-9)13-8(4-5-19)2-1-3-10(13)16/h1-3,6-7H,4-5,19H2. The molecule has 0 saturated carbocycles. The molecule has 0 fully saturated rings. The van der Waals surface area contributed by atoms with E-state index in [0.717, 1.165) is 11.1 Å². The summed E-state index contributed by atoms with van der Waals surface area (Å²) in [5.41, 5.74) is 8.16. The van der Waals surface area contributed by atoms with Crippen molar-refractivity contribution in [3.8, 4) is 11.1 Å². The Labute approximate surface area is 132 Å². The molecule has 0 aliphatic heterocycles. The van der Waals surface area contributed by atoms with E-state index in [-0.39, 0.29) is 0 Å². The van der Waals surface area contributed by atoms with Gasteiger partial charge in [0.1, 0.15) is 0 Å². The summed E-state index contributed by atoms with van der Waals surface area (Å²) in [6, 6.07) is 8.96. The van der Waals surface area contributed by atoms with Crippen LogP contribution < -0.4 is 5.73 Å². The van der Waals surface area contributed by atoms with Crippen molar-refractivity contribution in [2.45, 2.75) is 6.42 Å². The number of rotatable bonds is 3. The number of benzene rings is 2. The number of halogens is 4. The molecule has 0 aromatic heterocycles. The van der Waals surface area contributed by atoms with E-state index >= 15 is 0 Å². The van der Waals surface area contributed by atoms with Crippen molar-refractivity contribution in [2.24, 2.45) is 5.73 Å². The fourth-order valence-electron chi connectivity index (χ4n) is 1.99. The summed E-state index contributed by atoms with van der Waals surface area (Å²) in [6.07, 6.45) is 0.700. The molecule has 0 spiro atoms. The molecule has 0 heterocycles. The van der Waals surface area contributed by atoms with Crippen LogP contribution in [-0.4, -0.2) is 6.54 Å². The monoisotopic (exact) mass is 333 g/mol. The fourth-order valence-corrected chi connectivity index (χ4v) is 3.29. The van der Waals surface area contributed by atoms with Gasteiger partial charge in [0.25, 0.3) is 0 Å². The third-order valence-electron chi connectivity index (χ3n) is 2.77. The molecule has 2 rings (SSSR count). The first kappa shape index (κ1) is 15.0. The van der Waals surface area contributed by atoms with E-state index in [1.165, 1.54) is 0 Å². The Kier molecular flexibility index (Phi) is 4.99. The maximum Gasteiger partial charge on any atom is 0.0514 e. The van der Waals surface area contributed by atoms with Crippen molar-refractivity contribution in [2.75, 3.05) is 6.54 Å². The molecule has 0 aliphatic rings. The molecule has 0 atom stereocenters. The molecule has 0 radical (unpaired) electrons. The van der Waals surface area contributed by atoms with Crippen LogP contribution in [0.4, 0.5) is 0 Å². The zero-order valence-electron chi connectivity index (χ0n) is 9.89. The highest BCUT2D eigenvalue weighted by atomic mass is 35.5. The summed E-state index contributed by atoms with van der Waals surface area (Å²) < 4.78 is 0. The average molecular weight is 335 g/mol. The Morgan fingerprint density at radius 3 is 2.05 bits per heavy atom. The van der Waals surface area contributed by atoms with Gasteiger partial charge in [0, 0.05) is 21.2 Å². The summed E-state index contributed by atoms with van der Waals surface area (Å²) in [5, 5.41) is 2.04. The van der Waals surface area contributed by atoms with Crippen LogP contribution in [0.5, 0.6) is 0 Å². The molecule has 19 heavy (non-hydrogen) atoms. The van der Waals surface area contributed by atoms with Gasteiger partial charge in [0.05, 0.1) is 10.0 Å². The van der Waals surface area contributed by atoms with Crippen LogP contribution in [0.3, 0.4) is 0 Å². The van der Waals surface area contributed by atoms with Gasteiger partial charge in [0.2, 0.25) is 0 Å². The molecule has 0 aliphatic carbocycles. The highest BCUT2D eigenvalue weighted by molar-refractivity contribution is 6.43. The van der Waals surface area contributed by atoms with E-state index in [1.54, 1.807) is 18.2 Å². The second-order valence-corrected chi connectivity index (χ2v) is 5.72. The van der Waals surface area contributed by atoms with Crippen molar-refractivity contribution in [3.05, 3.63) is 56.0 Å². The van der Waals surface area contributed by atoms with Crippen molar-refractivity contribution in [3.63, 3.8) is 0 Å². The summed E-state index contributed by atoms with van der Waals surface area (Å²) >= 11 is 24.7. The second-order valence-electron chi connectivity index (χ2n) is 4.06. The minimum atomic E-state index is 0.476. The third-order valence-corrected chi connectivity index (χ3v) is 3.90. The predicted molar refractivity (Wildman–Crippen MR) is 84.7 cm³/mol. The largest absolute Gasteiger partial charge is 0.330 e. The Bertz CT molecular complexity index is 587. The molecule has 0 saturated heterocycles. The fraction of sp³-hybridized carbons (Fsp3) is 0.143. The van der Waals surface area contributed by atoms with Crippen LogP contribution in [0, 0.1) is 0 Å². The number of nitrogens with two attached hydrogens (primary N) is 1. The Balaban J connectivity index is 2.71. The zero-order chi connectivity index (χ0) is 14.0. The summed E-state index contributed by atoms with van der Waals surface area (Å²) in [7, 11) is 0. The van der Waals surface area contributed by atoms with Crippen molar-refractivity contribution in [1.82, 2.24) is 0 Å². The highest BCUT2D eigenvalue weighted by Crippen LogP contribution is 2.42. The molecule has 0 unspecified atom stereocenters. The van der Waals surface area contributed by atoms with Gasteiger partial charge in [-0.2, -0.15) is 0 Å². The van der Waals surface area contributed by atoms with Gasteiger partial charge in [-0.1, -0.05) is 58.5 Å². The van der Waals surface area contributed by atoms with Crippen LogP contribution >= 0.6 is 46.4 Å². The SMILES string of the molecule is NCCc1cccc(Cl)c1-c1c(Cl)cc(Cl)cc1Cl. The minimum Gasteiger partial charge on any atom is -0.330 e. The Morgan fingerprint density at radius 2 is 1.47 bits per heavy atom. The van der Waals surface area contributed by atoms with Gasteiger partial charge < -0.3 is 5.73 Å². The molecule has 0 amide bonds. The minimum absolute atomic E-state index is 0.476. The van der Waals surface area contributed by atoms with Crippen molar-refractivity contribution >= 4 is 46.4 Å². The molecule has 2 aromatic rings. The van der Waals surface area contributed by atoms with Crippen LogP contribution in [0.25, 0.3) is 11.1 Å². The van der Waals surface area contributed by atoms with Crippen LogP contribution in [0.15, 0.2) is 30.3 Å². The van der Waals surface area contributed by atoms with E-state index in [0.29, 0.717) is 38.6 Å². The molecule has 2 aromatic carbocycles. The molecular weight excluding hydrogens is 324 g/mol. The summed E-state index contributed by atoms with van der Waals surface area (Å²) in [6.45, 7) is 0.524. The quantitative estimate of drug-likeness (QED) is 0.791. The first-order valence-corrected chi connectivity index (χ1v) is 7.18. The van der Waals surface area contributed by atoms with Gasteiger partial charge >= 0.3 is 0 Å². The van der Waals surface area contributed by atoms with Crippen LogP contribution in [-0.2, 0) is 6.42 Å². The lowest BCUT2D eigenvalue weighted by atomic mass is 9.97. The van der Waals surface area contributed by atoms with E-state index in [9.17, 15) is 0 Å². The lowest BCUT2D eigenvalue weighted by Gasteiger charge is -2.14. The van der Waals surface area contributed by atoms with Crippen LogP contribution in [0.1, 0.15) is 5.56 Å². The zero-order valence-corrected chi connectivity index (χ0v) is 12.9. The van der Waals surface area contributed by atoms with Gasteiger partial charge in [-0.15, -0.1) is 0 Å². The maximum absolute atomic E-state index is 6.29. The van der Waals surface area contributed by atoms with E-state index in [4.69, 9.17) is 52.1 Å². The topological polar surface area (TPSA) is 26.0 Å². The smallest absolute Gasteiger partial charge is 0.0514 e. The van der Waals surface area contributed by atoms with Gasteiger partial charge in [-0.05, 0) is 36.7 Å². The predicted octanol–water partition coefficient (Wildman–Crippen LogP) is 5.47. The first-order chi connectivity index (χ1) is 9.04. The van der Waals surface area contributed by atoms with Gasteiger partial charge in [0.15, 0.2) is 0 Å².